The number of hydrogen-bond acceptors (Lipinski definition) is 5. The van der Waals surface area contributed by atoms with Crippen molar-refractivity contribution in [3.05, 3.63) is 18.7 Å². The summed E-state index contributed by atoms with van der Waals surface area (Å²) < 4.78 is 7.56. The summed E-state index contributed by atoms with van der Waals surface area (Å²) in [6.45, 7) is 0.739. The second-order valence-electron chi connectivity index (χ2n) is 4.11. The van der Waals surface area contributed by atoms with Gasteiger partial charge in [-0.05, 0) is 25.3 Å². The minimum atomic E-state index is 0.226. The molecule has 2 heterocycles. The summed E-state index contributed by atoms with van der Waals surface area (Å²) in [4.78, 5) is 4.17. The number of aromatic nitrogens is 4. The zero-order valence-electron chi connectivity index (χ0n) is 8.78. The minimum absolute atomic E-state index is 0.226. The average Bonchev–Trinajstić information content (AvgIpc) is 2.71. The van der Waals surface area contributed by atoms with E-state index in [2.05, 4.69) is 15.2 Å². The van der Waals surface area contributed by atoms with Gasteiger partial charge < -0.3 is 10.5 Å². The van der Waals surface area contributed by atoms with Crippen LogP contribution in [0.1, 0.15) is 12.8 Å². The molecule has 0 saturated heterocycles. The molecular weight excluding hydrogens is 206 g/mol. The Balaban J connectivity index is 1.77. The molecule has 84 valence electrons. The van der Waals surface area contributed by atoms with Gasteiger partial charge in [-0.3, -0.25) is 4.40 Å². The molecule has 0 amide bonds. The third-order valence-corrected chi connectivity index (χ3v) is 2.99. The van der Waals surface area contributed by atoms with Gasteiger partial charge in [0, 0.05) is 12.4 Å². The van der Waals surface area contributed by atoms with Crippen molar-refractivity contribution in [2.24, 2.45) is 11.7 Å². The molecule has 3 rings (SSSR count). The van der Waals surface area contributed by atoms with Crippen molar-refractivity contribution in [2.45, 2.75) is 18.9 Å². The van der Waals surface area contributed by atoms with E-state index in [1.807, 2.05) is 0 Å². The minimum Gasteiger partial charge on any atom is -0.472 e. The zero-order valence-corrected chi connectivity index (χ0v) is 8.78. The Morgan fingerprint density at radius 2 is 2.38 bits per heavy atom. The van der Waals surface area contributed by atoms with E-state index in [1.54, 1.807) is 23.1 Å². The molecule has 6 nitrogen and oxygen atoms in total. The van der Waals surface area contributed by atoms with Crippen LogP contribution in [0, 0.1) is 5.92 Å². The molecule has 1 saturated carbocycles. The first-order chi connectivity index (χ1) is 7.86. The fourth-order valence-corrected chi connectivity index (χ4v) is 1.94. The van der Waals surface area contributed by atoms with Crippen LogP contribution in [-0.4, -0.2) is 32.2 Å². The summed E-state index contributed by atoms with van der Waals surface area (Å²) >= 11 is 0. The Morgan fingerprint density at radius 3 is 3.19 bits per heavy atom. The number of hydrogen-bond donors (Lipinski definition) is 1. The van der Waals surface area contributed by atoms with E-state index in [0.717, 1.165) is 19.4 Å². The molecule has 0 radical (unpaired) electrons. The van der Waals surface area contributed by atoms with E-state index in [0.29, 0.717) is 17.4 Å². The standard InChI is InChI=1S/C10H13N5O/c11-5-7-3-8(4-7)16-10-9-14-13-6-15(9)2-1-12-10/h1-2,6-8H,3-5,11H2. The number of nitrogens with zero attached hydrogens (tertiary/aromatic N) is 4. The van der Waals surface area contributed by atoms with Crippen molar-refractivity contribution in [1.29, 1.82) is 0 Å². The summed E-state index contributed by atoms with van der Waals surface area (Å²) in [6, 6.07) is 0. The molecule has 0 unspecified atom stereocenters. The van der Waals surface area contributed by atoms with Gasteiger partial charge in [-0.15, -0.1) is 10.2 Å². The third-order valence-electron chi connectivity index (χ3n) is 2.99. The fraction of sp³-hybridized carbons (Fsp3) is 0.500. The lowest BCUT2D eigenvalue weighted by Crippen LogP contribution is -2.38. The predicted molar refractivity (Wildman–Crippen MR) is 57.0 cm³/mol. The Morgan fingerprint density at radius 1 is 1.50 bits per heavy atom. The second kappa shape index (κ2) is 3.71. The third kappa shape index (κ3) is 1.51. The van der Waals surface area contributed by atoms with E-state index in [-0.39, 0.29) is 6.10 Å². The van der Waals surface area contributed by atoms with Crippen LogP contribution in [0.3, 0.4) is 0 Å². The highest BCUT2D eigenvalue weighted by atomic mass is 16.5. The summed E-state index contributed by atoms with van der Waals surface area (Å²) in [5, 5.41) is 7.79. The summed E-state index contributed by atoms with van der Waals surface area (Å²) in [5.41, 5.74) is 6.23. The largest absolute Gasteiger partial charge is 0.472 e. The van der Waals surface area contributed by atoms with Gasteiger partial charge in [-0.25, -0.2) is 4.98 Å². The van der Waals surface area contributed by atoms with Crippen molar-refractivity contribution in [1.82, 2.24) is 19.6 Å². The van der Waals surface area contributed by atoms with E-state index in [1.165, 1.54) is 0 Å². The first-order valence-electron chi connectivity index (χ1n) is 5.38. The smallest absolute Gasteiger partial charge is 0.260 e. The molecule has 0 bridgehead atoms. The lowest BCUT2D eigenvalue weighted by atomic mass is 9.82. The van der Waals surface area contributed by atoms with Crippen LogP contribution in [0.25, 0.3) is 5.65 Å². The monoisotopic (exact) mass is 219 g/mol. The maximum absolute atomic E-state index is 5.76. The van der Waals surface area contributed by atoms with Crippen molar-refractivity contribution in [3.63, 3.8) is 0 Å². The molecule has 1 aliphatic carbocycles. The van der Waals surface area contributed by atoms with Crippen molar-refractivity contribution in [3.8, 4) is 5.88 Å². The van der Waals surface area contributed by atoms with Gasteiger partial charge in [0.2, 0.25) is 5.65 Å². The predicted octanol–water partition coefficient (Wildman–Crippen LogP) is 0.240. The Bertz CT molecular complexity index is 491. The SMILES string of the molecule is NCC1CC(Oc2nccn3cnnc23)C1. The molecule has 6 heteroatoms. The topological polar surface area (TPSA) is 78.3 Å². The highest BCUT2D eigenvalue weighted by Gasteiger charge is 2.30. The van der Waals surface area contributed by atoms with Gasteiger partial charge in [0.15, 0.2) is 0 Å². The molecule has 0 aliphatic heterocycles. The molecule has 0 spiro atoms. The van der Waals surface area contributed by atoms with E-state index in [9.17, 15) is 0 Å². The quantitative estimate of drug-likeness (QED) is 0.800. The summed E-state index contributed by atoms with van der Waals surface area (Å²) in [6.07, 6.45) is 7.36. The van der Waals surface area contributed by atoms with Crippen LogP contribution in [0.4, 0.5) is 0 Å². The molecule has 2 N–H and O–H groups in total. The van der Waals surface area contributed by atoms with Crippen molar-refractivity contribution >= 4 is 5.65 Å². The van der Waals surface area contributed by atoms with Crippen molar-refractivity contribution < 1.29 is 4.74 Å². The molecule has 2 aromatic rings. The van der Waals surface area contributed by atoms with Crippen molar-refractivity contribution in [2.75, 3.05) is 6.54 Å². The van der Waals surface area contributed by atoms with Gasteiger partial charge >= 0.3 is 0 Å². The Labute approximate surface area is 92.4 Å². The molecular formula is C10H13N5O. The molecule has 0 atom stereocenters. The lowest BCUT2D eigenvalue weighted by Gasteiger charge is -2.33. The van der Waals surface area contributed by atoms with Gasteiger partial charge in [-0.1, -0.05) is 0 Å². The van der Waals surface area contributed by atoms with Gasteiger partial charge in [0.05, 0.1) is 0 Å². The average molecular weight is 219 g/mol. The number of nitrogens with two attached hydrogens (primary N) is 1. The van der Waals surface area contributed by atoms with Crippen LogP contribution in [0.5, 0.6) is 5.88 Å². The first kappa shape index (κ1) is 9.53. The van der Waals surface area contributed by atoms with Crippen LogP contribution < -0.4 is 10.5 Å². The fourth-order valence-electron chi connectivity index (χ4n) is 1.94. The molecule has 1 fully saturated rings. The molecule has 2 aromatic heterocycles. The van der Waals surface area contributed by atoms with Gasteiger partial charge in [0.25, 0.3) is 5.88 Å². The van der Waals surface area contributed by atoms with E-state index in [4.69, 9.17) is 10.5 Å². The summed E-state index contributed by atoms with van der Waals surface area (Å²) in [7, 11) is 0. The van der Waals surface area contributed by atoms with Gasteiger partial charge in [0.1, 0.15) is 12.4 Å². The van der Waals surface area contributed by atoms with E-state index < -0.39 is 0 Å². The van der Waals surface area contributed by atoms with E-state index >= 15 is 0 Å². The normalized spacial score (nSPS) is 24.3. The second-order valence-corrected chi connectivity index (χ2v) is 4.11. The number of rotatable bonds is 3. The Kier molecular flexibility index (Phi) is 2.21. The molecule has 0 aromatic carbocycles. The Hall–Kier alpha value is -1.69. The molecule has 1 aliphatic rings. The first-order valence-corrected chi connectivity index (χ1v) is 5.38. The highest BCUT2D eigenvalue weighted by Crippen LogP contribution is 2.30. The van der Waals surface area contributed by atoms with Crippen LogP contribution in [0.15, 0.2) is 18.7 Å². The number of ether oxygens (including phenoxy) is 1. The van der Waals surface area contributed by atoms with Crippen LogP contribution >= 0.6 is 0 Å². The lowest BCUT2D eigenvalue weighted by molar-refractivity contribution is 0.0658. The van der Waals surface area contributed by atoms with Gasteiger partial charge in [-0.2, -0.15) is 0 Å². The highest BCUT2D eigenvalue weighted by molar-refractivity contribution is 5.47. The van der Waals surface area contributed by atoms with Crippen LogP contribution in [0.2, 0.25) is 0 Å². The maximum atomic E-state index is 5.76. The summed E-state index contributed by atoms with van der Waals surface area (Å²) in [5.74, 6) is 1.16. The van der Waals surface area contributed by atoms with Crippen LogP contribution in [-0.2, 0) is 0 Å². The molecule has 16 heavy (non-hydrogen) atoms. The zero-order chi connectivity index (χ0) is 11.0. The maximum Gasteiger partial charge on any atom is 0.260 e. The number of fused-ring (bicyclic) bond motifs is 1.